The molecule has 17 unspecified atom stereocenters. The van der Waals surface area contributed by atoms with Crippen molar-refractivity contribution in [1.29, 1.82) is 0 Å². The third kappa shape index (κ3) is 34.1. The van der Waals surface area contributed by atoms with Crippen LogP contribution in [0.1, 0.15) is 239 Å². The van der Waals surface area contributed by atoms with Gasteiger partial charge in [-0.2, -0.15) is 0 Å². The van der Waals surface area contributed by atoms with Crippen molar-refractivity contribution in [3.05, 3.63) is 72.9 Å². The molecule has 3 aliphatic heterocycles. The van der Waals surface area contributed by atoms with Gasteiger partial charge < -0.3 is 89.9 Å². The zero-order valence-corrected chi connectivity index (χ0v) is 55.1. The average Bonchev–Trinajstić information content (AvgIpc) is 1.05. The van der Waals surface area contributed by atoms with Crippen molar-refractivity contribution in [3.8, 4) is 0 Å². The Morgan fingerprint density at radius 1 is 0.411 bits per heavy atom. The molecule has 0 aliphatic carbocycles. The molecule has 522 valence electrons. The first-order valence-corrected chi connectivity index (χ1v) is 35.2. The SMILES string of the molecule is CC/C=C\C/C=C\C/C=C\C/C=C\C/C=C\C/C=C\CCCCCCCCCCCCC(=O)NC(COC1OC(CO)C(OC2OC(CO)C(OC3OC(CO)C(O)C(O)C3O)C(O)C2O)C(O)C1O)C(O)CCCCCCCCCCCCCCCCCC. The Morgan fingerprint density at radius 3 is 1.20 bits per heavy atom. The van der Waals surface area contributed by atoms with E-state index in [0.29, 0.717) is 12.8 Å². The maximum absolute atomic E-state index is 13.4. The molecule has 0 radical (unpaired) electrons. The van der Waals surface area contributed by atoms with Crippen LogP contribution in [0.2, 0.25) is 0 Å². The number of ether oxygens (including phenoxy) is 6. The number of rotatable bonds is 53. The number of allylic oxidation sites excluding steroid dienone is 12. The van der Waals surface area contributed by atoms with Crippen molar-refractivity contribution >= 4 is 5.91 Å². The molecule has 0 saturated carbocycles. The van der Waals surface area contributed by atoms with Crippen LogP contribution in [0, 0.1) is 0 Å². The summed E-state index contributed by atoms with van der Waals surface area (Å²) < 4.78 is 34.4. The Morgan fingerprint density at radius 2 is 0.767 bits per heavy atom. The lowest BCUT2D eigenvalue weighted by Crippen LogP contribution is -2.66. The zero-order valence-electron chi connectivity index (χ0n) is 55.1. The fourth-order valence-corrected chi connectivity index (χ4v) is 11.6. The Balaban J connectivity index is 1.41. The molecule has 0 bridgehead atoms. The van der Waals surface area contributed by atoms with Gasteiger partial charge in [0.05, 0.1) is 38.6 Å². The van der Waals surface area contributed by atoms with Gasteiger partial charge in [-0.3, -0.25) is 4.79 Å². The number of amides is 1. The van der Waals surface area contributed by atoms with Crippen molar-refractivity contribution in [2.45, 2.75) is 343 Å². The Bertz CT molecular complexity index is 1920. The van der Waals surface area contributed by atoms with Gasteiger partial charge in [-0.1, -0.05) is 241 Å². The van der Waals surface area contributed by atoms with Crippen molar-refractivity contribution in [3.63, 3.8) is 0 Å². The van der Waals surface area contributed by atoms with Crippen molar-refractivity contribution in [1.82, 2.24) is 5.32 Å². The molecule has 0 aromatic carbocycles. The summed E-state index contributed by atoms with van der Waals surface area (Å²) in [6.07, 6.45) is 38.3. The smallest absolute Gasteiger partial charge is 0.220 e. The summed E-state index contributed by atoms with van der Waals surface area (Å²) in [5.74, 6) is -0.249. The molecule has 3 rings (SSSR count). The largest absolute Gasteiger partial charge is 0.394 e. The van der Waals surface area contributed by atoms with Crippen LogP contribution in [0.4, 0.5) is 0 Å². The topological polar surface area (TPSA) is 307 Å². The minimum atomic E-state index is -1.98. The highest BCUT2D eigenvalue weighted by Crippen LogP contribution is 2.33. The molecule has 19 nitrogen and oxygen atoms in total. The Hall–Kier alpha value is -2.77. The summed E-state index contributed by atoms with van der Waals surface area (Å²) in [6.45, 7) is 1.68. The molecule has 3 aliphatic rings. The van der Waals surface area contributed by atoms with Gasteiger partial charge in [-0.05, 0) is 64.2 Å². The normalized spacial score (nSPS) is 28.5. The van der Waals surface area contributed by atoms with Crippen molar-refractivity contribution in [2.75, 3.05) is 26.4 Å². The predicted octanol–water partition coefficient (Wildman–Crippen LogP) is 9.33. The molecule has 19 heteroatoms. The minimum absolute atomic E-state index is 0.249. The number of nitrogens with one attached hydrogen (secondary N) is 1. The maximum atomic E-state index is 13.4. The van der Waals surface area contributed by atoms with E-state index in [4.69, 9.17) is 28.4 Å². The number of hydrogen-bond donors (Lipinski definition) is 12. The molecule has 0 spiro atoms. The molecule has 90 heavy (non-hydrogen) atoms. The molecule has 3 heterocycles. The van der Waals surface area contributed by atoms with Crippen LogP contribution >= 0.6 is 0 Å². The predicted molar refractivity (Wildman–Crippen MR) is 351 cm³/mol. The van der Waals surface area contributed by atoms with Gasteiger partial charge in [0.25, 0.3) is 0 Å². The Labute approximate surface area is 540 Å². The monoisotopic (exact) mass is 1280 g/mol. The van der Waals surface area contributed by atoms with E-state index in [2.05, 4.69) is 92.1 Å². The second-order valence-corrected chi connectivity index (χ2v) is 25.0. The van der Waals surface area contributed by atoms with E-state index in [1.165, 1.54) is 109 Å². The minimum Gasteiger partial charge on any atom is -0.394 e. The fraction of sp³-hybridized carbons (Fsp3) is 0.817. The highest BCUT2D eigenvalue weighted by molar-refractivity contribution is 5.76. The number of carbonyl (C=O) groups excluding carboxylic acids is 1. The van der Waals surface area contributed by atoms with Crippen LogP contribution in [0.5, 0.6) is 0 Å². The maximum Gasteiger partial charge on any atom is 0.220 e. The highest BCUT2D eigenvalue weighted by Gasteiger charge is 2.53. The molecule has 3 saturated heterocycles. The first-order valence-electron chi connectivity index (χ1n) is 35.2. The van der Waals surface area contributed by atoms with Gasteiger partial charge in [0.2, 0.25) is 5.91 Å². The zero-order chi connectivity index (χ0) is 65.4. The van der Waals surface area contributed by atoms with Crippen LogP contribution in [0.25, 0.3) is 0 Å². The van der Waals surface area contributed by atoms with Crippen LogP contribution in [-0.2, 0) is 33.2 Å². The van der Waals surface area contributed by atoms with Gasteiger partial charge in [-0.25, -0.2) is 0 Å². The quantitative estimate of drug-likeness (QED) is 0.0199. The molecule has 0 aromatic rings. The molecule has 12 N–H and O–H groups in total. The van der Waals surface area contributed by atoms with E-state index in [1.54, 1.807) is 0 Å². The molecule has 17 atom stereocenters. The lowest BCUT2D eigenvalue weighted by molar-refractivity contribution is -0.379. The summed E-state index contributed by atoms with van der Waals surface area (Å²) in [5, 5.41) is 121. The van der Waals surface area contributed by atoms with Crippen LogP contribution in [0.3, 0.4) is 0 Å². The van der Waals surface area contributed by atoms with Gasteiger partial charge >= 0.3 is 0 Å². The summed E-state index contributed by atoms with van der Waals surface area (Å²) in [6, 6.07) is -0.894. The standard InChI is InChI=1S/C71H125NO18/c1-3-5-7-9-11-13-15-17-19-21-22-23-24-25-26-27-28-29-30-31-32-33-35-37-39-41-43-45-47-49-59(77)72-54(55(76)48-46-44-42-40-38-36-34-20-18-16-14-12-10-8-6-4-2)53-85-69-65(83)62(80)67(57(51-74)87-69)90-71-66(84)63(81)68(58(52-75)88-71)89-70-64(82)61(79)60(78)56(50-73)86-70/h5,7,11,13,17,19,22-23,25-26,28-29,54-58,60-71,73-76,78-84H,3-4,6,8-10,12,14-16,18,20-21,24,27,30-53H2,1-2H3,(H,72,77)/b7-5-,13-11-,19-17-,23-22-,26-25-,29-28-. The van der Waals surface area contributed by atoms with E-state index in [9.17, 15) is 61.0 Å². The first-order chi connectivity index (χ1) is 43.8. The summed E-state index contributed by atoms with van der Waals surface area (Å²) >= 11 is 0. The van der Waals surface area contributed by atoms with E-state index in [-0.39, 0.29) is 18.9 Å². The van der Waals surface area contributed by atoms with Gasteiger partial charge in [0.1, 0.15) is 73.2 Å². The molecule has 3 fully saturated rings. The third-order valence-corrected chi connectivity index (χ3v) is 17.3. The third-order valence-electron chi connectivity index (χ3n) is 17.3. The summed E-state index contributed by atoms with van der Waals surface area (Å²) in [4.78, 5) is 13.4. The van der Waals surface area contributed by atoms with E-state index in [0.717, 1.165) is 96.3 Å². The van der Waals surface area contributed by atoms with Gasteiger partial charge in [0.15, 0.2) is 18.9 Å². The van der Waals surface area contributed by atoms with Crippen LogP contribution in [0.15, 0.2) is 72.9 Å². The number of hydrogen-bond acceptors (Lipinski definition) is 18. The van der Waals surface area contributed by atoms with Crippen molar-refractivity contribution < 1.29 is 89.4 Å². The second-order valence-electron chi connectivity index (χ2n) is 25.0. The van der Waals surface area contributed by atoms with Gasteiger partial charge in [0, 0.05) is 6.42 Å². The lowest BCUT2D eigenvalue weighted by Gasteiger charge is -2.48. The molecule has 0 aromatic heterocycles. The Kier molecular flexibility index (Phi) is 47.5. The highest BCUT2D eigenvalue weighted by atomic mass is 16.8. The molecular formula is C71H125NO18. The molecule has 1 amide bonds. The fourth-order valence-electron chi connectivity index (χ4n) is 11.6. The molecular weight excluding hydrogens is 1150 g/mol. The van der Waals surface area contributed by atoms with E-state index >= 15 is 0 Å². The average molecular weight is 1280 g/mol. The van der Waals surface area contributed by atoms with Crippen LogP contribution < -0.4 is 5.32 Å². The van der Waals surface area contributed by atoms with Gasteiger partial charge in [-0.15, -0.1) is 0 Å². The number of carbonyl (C=O) groups is 1. The van der Waals surface area contributed by atoms with E-state index < -0.39 is 124 Å². The van der Waals surface area contributed by atoms with Crippen LogP contribution in [-0.4, -0.2) is 193 Å². The lowest BCUT2D eigenvalue weighted by atomic mass is 9.96. The summed E-state index contributed by atoms with van der Waals surface area (Å²) in [7, 11) is 0. The number of unbranched alkanes of at least 4 members (excludes halogenated alkanes) is 25. The number of aliphatic hydroxyl groups is 11. The number of aliphatic hydroxyl groups excluding tert-OH is 11. The first kappa shape index (κ1) is 81.5. The summed E-state index contributed by atoms with van der Waals surface area (Å²) in [5.41, 5.74) is 0. The second kappa shape index (κ2) is 52.5. The van der Waals surface area contributed by atoms with Crippen molar-refractivity contribution in [2.24, 2.45) is 0 Å². The van der Waals surface area contributed by atoms with E-state index in [1.807, 2.05) is 0 Å².